The molecule has 0 rings (SSSR count). The van der Waals surface area contributed by atoms with E-state index < -0.39 is 43.3 Å². The monoisotopic (exact) mass is 388 g/mol. The molecular weight excluding hydrogens is 367 g/mol. The second kappa shape index (κ2) is 10.7. The van der Waals surface area contributed by atoms with Crippen LogP contribution in [0.1, 0.15) is 33.6 Å². The Balaban J connectivity index is 5.78. The van der Waals surface area contributed by atoms with Crippen LogP contribution in [0.2, 0.25) is 0 Å². The molecule has 0 aromatic heterocycles. The van der Waals surface area contributed by atoms with Crippen molar-refractivity contribution in [3.63, 3.8) is 0 Å². The van der Waals surface area contributed by atoms with Gasteiger partial charge in [-0.3, -0.25) is 14.1 Å². The molecule has 0 heterocycles. The normalized spacial score (nSPS) is 13.7. The molecule has 0 amide bonds. The third kappa shape index (κ3) is 7.61. The van der Waals surface area contributed by atoms with E-state index in [0.717, 1.165) is 7.11 Å². The van der Waals surface area contributed by atoms with E-state index in [9.17, 15) is 18.9 Å². The Labute approximate surface area is 145 Å². The highest BCUT2D eigenvalue weighted by molar-refractivity contribution is 7.81. The largest absolute Gasteiger partial charge is 0.466 e. The number of hydrogen-bond acceptors (Lipinski definition) is 9. The summed E-state index contributed by atoms with van der Waals surface area (Å²) in [6, 6.07) is 0. The van der Waals surface area contributed by atoms with Gasteiger partial charge in [-0.1, -0.05) is 0 Å². The Bertz CT molecular complexity index is 474. The molecule has 0 aliphatic heterocycles. The first kappa shape index (κ1) is 22.9. The van der Waals surface area contributed by atoms with Crippen LogP contribution in [0.15, 0.2) is 0 Å². The molecule has 24 heavy (non-hydrogen) atoms. The molecular formula is C13H22ClO9P. The molecule has 0 spiro atoms. The number of carbonyl (C=O) groups excluding carboxylic acids is 3. The highest BCUT2D eigenvalue weighted by Crippen LogP contribution is 2.57. The fourth-order valence-corrected chi connectivity index (χ4v) is 2.80. The Morgan fingerprint density at radius 3 is 1.67 bits per heavy atom. The van der Waals surface area contributed by atoms with Gasteiger partial charge in [0.05, 0.1) is 32.7 Å². The van der Waals surface area contributed by atoms with E-state index in [-0.39, 0.29) is 19.8 Å². The van der Waals surface area contributed by atoms with Crippen LogP contribution in [0.4, 0.5) is 0 Å². The molecule has 0 radical (unpaired) electrons. The number of ether oxygens (including phenoxy) is 3. The van der Waals surface area contributed by atoms with Gasteiger partial charge in [-0.05, 0) is 20.8 Å². The van der Waals surface area contributed by atoms with Crippen LogP contribution in [-0.2, 0) is 42.2 Å². The molecule has 0 bridgehead atoms. The lowest BCUT2D eigenvalue weighted by molar-refractivity contribution is -0.174. The van der Waals surface area contributed by atoms with E-state index in [1.54, 1.807) is 13.8 Å². The SMILES string of the molecule is CCOC(=O)CC(CC(=O)OCC)(OP(=O)(Cl)OC)C(=O)OCC. The van der Waals surface area contributed by atoms with Gasteiger partial charge in [0.1, 0.15) is 0 Å². The Morgan fingerprint density at radius 2 is 1.33 bits per heavy atom. The summed E-state index contributed by atoms with van der Waals surface area (Å²) in [6.07, 6.45) is -1.50. The van der Waals surface area contributed by atoms with E-state index in [1.807, 2.05) is 0 Å². The van der Waals surface area contributed by atoms with Crippen LogP contribution in [-0.4, -0.2) is 50.4 Å². The van der Waals surface area contributed by atoms with Gasteiger partial charge in [-0.25, -0.2) is 9.36 Å². The standard InChI is InChI=1S/C13H22ClO9P/c1-5-20-10(15)8-13(12(17)22-7-3,9-11(16)21-6-2)23-24(14,18)19-4/h5-9H2,1-4H3. The molecule has 1 unspecified atom stereocenters. The van der Waals surface area contributed by atoms with Gasteiger partial charge >= 0.3 is 24.9 Å². The molecule has 0 aromatic rings. The van der Waals surface area contributed by atoms with Crippen molar-refractivity contribution in [3.05, 3.63) is 0 Å². The van der Waals surface area contributed by atoms with E-state index >= 15 is 0 Å². The summed E-state index contributed by atoms with van der Waals surface area (Å²) in [5.41, 5.74) is -2.29. The van der Waals surface area contributed by atoms with E-state index in [4.69, 9.17) is 30.0 Å². The minimum Gasteiger partial charge on any atom is -0.466 e. The first-order chi connectivity index (χ1) is 11.2. The molecule has 0 aromatic carbocycles. The maximum absolute atomic E-state index is 12.3. The van der Waals surface area contributed by atoms with Crippen molar-refractivity contribution in [2.45, 2.75) is 39.2 Å². The molecule has 0 aliphatic rings. The average molecular weight is 389 g/mol. The molecule has 0 aliphatic carbocycles. The Kier molecular flexibility index (Phi) is 10.1. The van der Waals surface area contributed by atoms with Crippen LogP contribution in [0.25, 0.3) is 0 Å². The van der Waals surface area contributed by atoms with Gasteiger partial charge in [0, 0.05) is 18.4 Å². The van der Waals surface area contributed by atoms with Crippen molar-refractivity contribution in [2.24, 2.45) is 0 Å². The van der Waals surface area contributed by atoms with Gasteiger partial charge in [0.2, 0.25) is 0 Å². The van der Waals surface area contributed by atoms with Crippen LogP contribution >= 0.6 is 18.2 Å². The van der Waals surface area contributed by atoms with Crippen molar-refractivity contribution in [3.8, 4) is 0 Å². The fourth-order valence-electron chi connectivity index (χ4n) is 1.71. The van der Waals surface area contributed by atoms with Gasteiger partial charge < -0.3 is 18.7 Å². The lowest BCUT2D eigenvalue weighted by Gasteiger charge is -2.30. The zero-order chi connectivity index (χ0) is 18.8. The van der Waals surface area contributed by atoms with E-state index in [2.05, 4.69) is 4.52 Å². The Hall–Kier alpha value is -1.15. The highest BCUT2D eigenvalue weighted by atomic mass is 35.7. The smallest absolute Gasteiger partial charge is 0.425 e. The number of rotatable bonds is 11. The molecule has 0 saturated heterocycles. The van der Waals surface area contributed by atoms with Crippen LogP contribution in [0.5, 0.6) is 0 Å². The first-order valence-corrected chi connectivity index (χ1v) is 9.65. The molecule has 0 saturated carbocycles. The van der Waals surface area contributed by atoms with Crippen molar-refractivity contribution < 1.29 is 42.2 Å². The summed E-state index contributed by atoms with van der Waals surface area (Å²) < 4.78 is 35.9. The van der Waals surface area contributed by atoms with Crippen molar-refractivity contribution in [1.29, 1.82) is 0 Å². The first-order valence-electron chi connectivity index (χ1n) is 7.21. The van der Waals surface area contributed by atoms with Gasteiger partial charge in [-0.2, -0.15) is 0 Å². The van der Waals surface area contributed by atoms with Crippen LogP contribution in [0, 0.1) is 0 Å². The van der Waals surface area contributed by atoms with Crippen LogP contribution < -0.4 is 0 Å². The number of esters is 3. The van der Waals surface area contributed by atoms with Crippen molar-refractivity contribution >= 4 is 36.1 Å². The maximum Gasteiger partial charge on any atom is 0.425 e. The third-order valence-corrected chi connectivity index (χ3v) is 4.24. The summed E-state index contributed by atoms with van der Waals surface area (Å²) in [5.74, 6) is -2.85. The van der Waals surface area contributed by atoms with Gasteiger partial charge in [0.15, 0.2) is 5.60 Å². The summed E-state index contributed by atoms with van der Waals surface area (Å²) in [4.78, 5) is 36.0. The highest BCUT2D eigenvalue weighted by Gasteiger charge is 2.51. The quantitative estimate of drug-likeness (QED) is 0.298. The molecule has 140 valence electrons. The summed E-state index contributed by atoms with van der Waals surface area (Å²) in [7, 11) is 0.985. The zero-order valence-electron chi connectivity index (χ0n) is 14.0. The molecule has 1 atom stereocenters. The van der Waals surface area contributed by atoms with Crippen molar-refractivity contribution in [1.82, 2.24) is 0 Å². The van der Waals surface area contributed by atoms with E-state index in [0.29, 0.717) is 0 Å². The third-order valence-electron chi connectivity index (χ3n) is 2.62. The average Bonchev–Trinajstić information content (AvgIpc) is 2.47. The van der Waals surface area contributed by atoms with Gasteiger partial charge in [0.25, 0.3) is 0 Å². The number of carbonyl (C=O) groups is 3. The van der Waals surface area contributed by atoms with Crippen molar-refractivity contribution in [2.75, 3.05) is 26.9 Å². The molecule has 9 nitrogen and oxygen atoms in total. The second-order valence-corrected chi connectivity index (χ2v) is 7.03. The topological polar surface area (TPSA) is 114 Å². The fraction of sp³-hybridized carbons (Fsp3) is 0.769. The zero-order valence-corrected chi connectivity index (χ0v) is 15.7. The second-order valence-electron chi connectivity index (χ2n) is 4.38. The van der Waals surface area contributed by atoms with E-state index in [1.165, 1.54) is 6.92 Å². The summed E-state index contributed by atoms with van der Waals surface area (Å²) >= 11 is 5.57. The Morgan fingerprint density at radius 1 is 0.917 bits per heavy atom. The summed E-state index contributed by atoms with van der Waals surface area (Å²) in [6.45, 7) is 0.329. The lowest BCUT2D eigenvalue weighted by Crippen LogP contribution is -2.46. The predicted octanol–water partition coefficient (Wildman–Crippen LogP) is 2.20. The lowest BCUT2D eigenvalue weighted by atomic mass is 9.95. The predicted molar refractivity (Wildman–Crippen MR) is 83.4 cm³/mol. The van der Waals surface area contributed by atoms with Gasteiger partial charge in [-0.15, -0.1) is 0 Å². The molecule has 11 heteroatoms. The van der Waals surface area contributed by atoms with Crippen LogP contribution in [0.3, 0.4) is 0 Å². The summed E-state index contributed by atoms with van der Waals surface area (Å²) in [5, 5.41) is 0. The molecule has 0 fully saturated rings. The maximum atomic E-state index is 12.3. The molecule has 0 N–H and O–H groups in total. The number of hydrogen-bond donors (Lipinski definition) is 0. The minimum absolute atomic E-state index is 0.0277. The minimum atomic E-state index is -4.27. The number of halogens is 1.